The van der Waals surface area contributed by atoms with Crippen LogP contribution in [0.4, 0.5) is 18.9 Å². The van der Waals surface area contributed by atoms with Crippen LogP contribution in [0.1, 0.15) is 29.8 Å². The number of carbonyl (C=O) groups excluding carboxylic acids is 1. The van der Waals surface area contributed by atoms with Crippen LogP contribution in [0.25, 0.3) is 0 Å². The third kappa shape index (κ3) is 3.15. The zero-order chi connectivity index (χ0) is 13.8. The summed E-state index contributed by atoms with van der Waals surface area (Å²) in [5.41, 5.74) is -0.986. The van der Waals surface area contributed by atoms with Crippen LogP contribution in [0.5, 0.6) is 0 Å². The van der Waals surface area contributed by atoms with Crippen molar-refractivity contribution >= 4 is 11.6 Å². The molecule has 0 fully saturated rings. The minimum absolute atomic E-state index is 0.00789. The van der Waals surface area contributed by atoms with Gasteiger partial charge in [-0.05, 0) is 26.0 Å². The van der Waals surface area contributed by atoms with Crippen molar-refractivity contribution in [1.29, 1.82) is 0 Å². The fourth-order valence-electron chi connectivity index (χ4n) is 1.60. The molecule has 0 spiro atoms. The van der Waals surface area contributed by atoms with Crippen molar-refractivity contribution in [3.63, 3.8) is 0 Å². The highest BCUT2D eigenvalue weighted by Gasteiger charge is 2.35. The van der Waals surface area contributed by atoms with Crippen molar-refractivity contribution in [2.24, 2.45) is 0 Å². The van der Waals surface area contributed by atoms with Crippen LogP contribution in [0.3, 0.4) is 0 Å². The van der Waals surface area contributed by atoms with Crippen LogP contribution in [-0.4, -0.2) is 19.0 Å². The minimum atomic E-state index is -4.49. The molecule has 18 heavy (non-hydrogen) atoms. The molecule has 0 atom stereocenters. The van der Waals surface area contributed by atoms with Gasteiger partial charge in [0.25, 0.3) is 5.91 Å². The molecule has 100 valence electrons. The summed E-state index contributed by atoms with van der Waals surface area (Å²) in [5, 5.41) is 5.10. The second-order valence-electron chi connectivity index (χ2n) is 3.62. The third-order valence-electron chi connectivity index (χ3n) is 2.31. The molecule has 3 nitrogen and oxygen atoms in total. The first kappa shape index (κ1) is 14.3. The van der Waals surface area contributed by atoms with Crippen LogP contribution in [-0.2, 0) is 6.18 Å². The van der Waals surface area contributed by atoms with E-state index in [1.54, 1.807) is 13.8 Å². The van der Waals surface area contributed by atoms with Crippen LogP contribution in [0.2, 0.25) is 0 Å². The predicted octanol–water partition coefficient (Wildman–Crippen LogP) is 2.89. The van der Waals surface area contributed by atoms with Gasteiger partial charge in [-0.25, -0.2) is 0 Å². The normalized spacial score (nSPS) is 11.2. The van der Waals surface area contributed by atoms with E-state index in [0.29, 0.717) is 13.1 Å². The quantitative estimate of drug-likeness (QED) is 0.874. The summed E-state index contributed by atoms with van der Waals surface area (Å²) in [7, 11) is 0. The molecule has 1 amide bonds. The average molecular weight is 260 g/mol. The van der Waals surface area contributed by atoms with Gasteiger partial charge >= 0.3 is 6.18 Å². The van der Waals surface area contributed by atoms with Crippen molar-refractivity contribution < 1.29 is 18.0 Å². The molecular weight excluding hydrogens is 245 g/mol. The summed E-state index contributed by atoms with van der Waals surface area (Å²) >= 11 is 0. The second kappa shape index (κ2) is 5.75. The Balaban J connectivity index is 3.30. The van der Waals surface area contributed by atoms with E-state index in [-0.39, 0.29) is 11.3 Å². The molecule has 0 radical (unpaired) electrons. The standard InChI is InChI=1S/C12H15F3N2O/c1-3-16-10-8(11(18)17-4-2)6-5-7-9(10)12(13,14)15/h5-7,16H,3-4H2,1-2H3,(H,17,18). The Labute approximate surface area is 103 Å². The molecule has 1 aromatic rings. The zero-order valence-electron chi connectivity index (χ0n) is 10.2. The number of halogens is 3. The molecule has 0 aromatic heterocycles. The maximum Gasteiger partial charge on any atom is 0.418 e. The lowest BCUT2D eigenvalue weighted by molar-refractivity contribution is -0.136. The second-order valence-corrected chi connectivity index (χ2v) is 3.62. The van der Waals surface area contributed by atoms with Crippen molar-refractivity contribution in [2.45, 2.75) is 20.0 Å². The Morgan fingerprint density at radius 3 is 2.39 bits per heavy atom. The van der Waals surface area contributed by atoms with Gasteiger partial charge in [-0.2, -0.15) is 13.2 Å². The Morgan fingerprint density at radius 2 is 1.89 bits per heavy atom. The van der Waals surface area contributed by atoms with E-state index < -0.39 is 17.6 Å². The summed E-state index contributed by atoms with van der Waals surface area (Å²) in [5.74, 6) is -0.514. The van der Waals surface area contributed by atoms with E-state index in [1.807, 2.05) is 0 Å². The monoisotopic (exact) mass is 260 g/mol. The lowest BCUT2D eigenvalue weighted by Gasteiger charge is -2.17. The fourth-order valence-corrected chi connectivity index (χ4v) is 1.60. The van der Waals surface area contributed by atoms with E-state index in [9.17, 15) is 18.0 Å². The lowest BCUT2D eigenvalue weighted by Crippen LogP contribution is -2.25. The summed E-state index contributed by atoms with van der Waals surface area (Å²) in [4.78, 5) is 11.7. The van der Waals surface area contributed by atoms with Crippen LogP contribution in [0, 0.1) is 0 Å². The van der Waals surface area contributed by atoms with E-state index >= 15 is 0 Å². The molecule has 0 aliphatic heterocycles. The van der Waals surface area contributed by atoms with E-state index in [2.05, 4.69) is 10.6 Å². The van der Waals surface area contributed by atoms with Gasteiger partial charge in [0.1, 0.15) is 0 Å². The number of nitrogens with one attached hydrogen (secondary N) is 2. The number of amides is 1. The molecule has 1 rings (SSSR count). The summed E-state index contributed by atoms with van der Waals surface area (Å²) in [6, 6.07) is 3.56. The first-order valence-electron chi connectivity index (χ1n) is 5.64. The van der Waals surface area contributed by atoms with Crippen molar-refractivity contribution in [2.75, 3.05) is 18.4 Å². The number of anilines is 1. The van der Waals surface area contributed by atoms with Crippen LogP contribution >= 0.6 is 0 Å². The number of hydrogen-bond donors (Lipinski definition) is 2. The summed E-state index contributed by atoms with van der Waals surface area (Å²) < 4.78 is 38.5. The van der Waals surface area contributed by atoms with Gasteiger partial charge in [0.05, 0.1) is 16.8 Å². The lowest BCUT2D eigenvalue weighted by atomic mass is 10.1. The molecular formula is C12H15F3N2O. The summed E-state index contributed by atoms with van der Waals surface area (Å²) in [6.45, 7) is 4.05. The Bertz CT molecular complexity index is 430. The fraction of sp³-hybridized carbons (Fsp3) is 0.417. The molecule has 0 aliphatic carbocycles. The number of hydrogen-bond acceptors (Lipinski definition) is 2. The molecule has 0 aliphatic rings. The maximum atomic E-state index is 12.8. The molecule has 6 heteroatoms. The molecule has 2 N–H and O–H groups in total. The molecule has 0 unspecified atom stereocenters. The summed E-state index contributed by atoms with van der Waals surface area (Å²) in [6.07, 6.45) is -4.49. The maximum absolute atomic E-state index is 12.8. The highest BCUT2D eigenvalue weighted by atomic mass is 19.4. The van der Waals surface area contributed by atoms with E-state index in [1.165, 1.54) is 12.1 Å². The first-order valence-corrected chi connectivity index (χ1v) is 5.64. The van der Waals surface area contributed by atoms with E-state index in [4.69, 9.17) is 0 Å². The number of carbonyl (C=O) groups is 1. The predicted molar refractivity (Wildman–Crippen MR) is 63.6 cm³/mol. The average Bonchev–Trinajstić information content (AvgIpc) is 2.28. The van der Waals surface area contributed by atoms with Gasteiger partial charge in [-0.15, -0.1) is 0 Å². The van der Waals surface area contributed by atoms with Crippen LogP contribution < -0.4 is 10.6 Å². The van der Waals surface area contributed by atoms with Gasteiger partial charge < -0.3 is 10.6 Å². The van der Waals surface area contributed by atoms with Gasteiger partial charge in [0.15, 0.2) is 0 Å². The van der Waals surface area contributed by atoms with Gasteiger partial charge in [0.2, 0.25) is 0 Å². The van der Waals surface area contributed by atoms with E-state index in [0.717, 1.165) is 6.07 Å². The van der Waals surface area contributed by atoms with Crippen molar-refractivity contribution in [3.8, 4) is 0 Å². The Hall–Kier alpha value is -1.72. The Morgan fingerprint density at radius 1 is 1.22 bits per heavy atom. The van der Waals surface area contributed by atoms with Gasteiger partial charge in [0, 0.05) is 13.1 Å². The number of rotatable bonds is 4. The smallest absolute Gasteiger partial charge is 0.384 e. The molecule has 1 aromatic carbocycles. The molecule has 0 saturated heterocycles. The highest BCUT2D eigenvalue weighted by Crippen LogP contribution is 2.36. The minimum Gasteiger partial charge on any atom is -0.384 e. The highest BCUT2D eigenvalue weighted by molar-refractivity contribution is 6.00. The number of alkyl halides is 3. The van der Waals surface area contributed by atoms with Crippen molar-refractivity contribution in [3.05, 3.63) is 29.3 Å². The molecule has 0 heterocycles. The van der Waals surface area contributed by atoms with Gasteiger partial charge in [-0.1, -0.05) is 6.07 Å². The topological polar surface area (TPSA) is 41.1 Å². The third-order valence-corrected chi connectivity index (χ3v) is 2.31. The zero-order valence-corrected chi connectivity index (χ0v) is 10.2. The largest absolute Gasteiger partial charge is 0.418 e. The SMILES string of the molecule is CCNC(=O)c1cccc(C(F)(F)F)c1NCC. The Kier molecular flexibility index (Phi) is 4.58. The van der Waals surface area contributed by atoms with Crippen molar-refractivity contribution in [1.82, 2.24) is 5.32 Å². The number of benzene rings is 1. The molecule has 0 bridgehead atoms. The van der Waals surface area contributed by atoms with Crippen LogP contribution in [0.15, 0.2) is 18.2 Å². The first-order chi connectivity index (χ1) is 8.41. The number of para-hydroxylation sites is 1. The molecule has 0 saturated carbocycles. The van der Waals surface area contributed by atoms with Gasteiger partial charge in [-0.3, -0.25) is 4.79 Å².